The third-order valence-electron chi connectivity index (χ3n) is 4.96. The van der Waals surface area contributed by atoms with Crippen molar-refractivity contribution < 1.29 is 9.50 Å². The molecular weight excluding hydrogens is 385 g/mol. The predicted octanol–water partition coefficient (Wildman–Crippen LogP) is 4.41. The first-order valence-corrected chi connectivity index (χ1v) is 10.0. The quantitative estimate of drug-likeness (QED) is 0.701. The molecule has 0 saturated carbocycles. The predicted molar refractivity (Wildman–Crippen MR) is 106 cm³/mol. The van der Waals surface area contributed by atoms with Crippen LogP contribution in [0.5, 0.6) is 0 Å². The Kier molecular flexibility index (Phi) is 5.12. The van der Waals surface area contributed by atoms with Crippen molar-refractivity contribution in [3.63, 3.8) is 0 Å². The number of rotatable bonds is 4. The first-order chi connectivity index (χ1) is 13.0. The molecule has 1 N–H and O–H groups in total. The maximum Gasteiger partial charge on any atom is 0.208 e. The summed E-state index contributed by atoms with van der Waals surface area (Å²) < 4.78 is 13.0. The van der Waals surface area contributed by atoms with Crippen molar-refractivity contribution in [3.8, 4) is 0 Å². The summed E-state index contributed by atoms with van der Waals surface area (Å²) in [6, 6.07) is 13.9. The third-order valence-corrected chi connectivity index (χ3v) is 6.27. The highest BCUT2D eigenvalue weighted by Crippen LogP contribution is 2.38. The van der Waals surface area contributed by atoms with Crippen molar-refractivity contribution in [2.24, 2.45) is 0 Å². The molecule has 0 radical (unpaired) electrons. The van der Waals surface area contributed by atoms with Crippen molar-refractivity contribution in [2.75, 3.05) is 18.0 Å². The van der Waals surface area contributed by atoms with Gasteiger partial charge in [-0.1, -0.05) is 53.3 Å². The highest BCUT2D eigenvalue weighted by Gasteiger charge is 2.36. The van der Waals surface area contributed by atoms with Crippen molar-refractivity contribution in [3.05, 3.63) is 75.5 Å². The highest BCUT2D eigenvalue weighted by atomic mass is 35.5. The average Bonchev–Trinajstić information content (AvgIpc) is 3.13. The van der Waals surface area contributed by atoms with E-state index < -0.39 is 5.60 Å². The molecule has 7 heteroatoms. The zero-order valence-corrected chi connectivity index (χ0v) is 16.2. The van der Waals surface area contributed by atoms with Gasteiger partial charge in [-0.25, -0.2) is 4.39 Å². The Hall–Kier alpha value is -2.02. The molecule has 2 aromatic carbocycles. The number of benzene rings is 2. The summed E-state index contributed by atoms with van der Waals surface area (Å²) in [6.45, 7) is 1.37. The van der Waals surface area contributed by atoms with Crippen LogP contribution in [0.1, 0.15) is 29.0 Å². The standard InChI is InChI=1S/C20H19ClFN3OS/c21-17-4-2-1-3-16(17)20(26)9-11-25(12-10-20)19-24-23-18(27-19)13-14-5-7-15(22)8-6-14/h1-8,26H,9-13H2. The van der Waals surface area contributed by atoms with E-state index in [1.165, 1.54) is 23.5 Å². The smallest absolute Gasteiger partial charge is 0.208 e. The summed E-state index contributed by atoms with van der Waals surface area (Å²) in [5.41, 5.74) is 0.891. The number of hydrogen-bond donors (Lipinski definition) is 1. The SMILES string of the molecule is OC1(c2ccccc2Cl)CCN(c2nnc(Cc3ccc(F)cc3)s2)CC1. The van der Waals surface area contributed by atoms with Gasteiger partial charge >= 0.3 is 0 Å². The zero-order valence-electron chi connectivity index (χ0n) is 14.6. The first kappa shape index (κ1) is 18.3. The Bertz CT molecular complexity index is 923. The van der Waals surface area contributed by atoms with Gasteiger partial charge in [0.1, 0.15) is 10.8 Å². The molecule has 1 saturated heterocycles. The maximum atomic E-state index is 13.0. The minimum atomic E-state index is -0.906. The van der Waals surface area contributed by atoms with Crippen molar-refractivity contribution in [1.82, 2.24) is 10.2 Å². The van der Waals surface area contributed by atoms with Crippen LogP contribution in [0, 0.1) is 5.82 Å². The van der Waals surface area contributed by atoms with Gasteiger partial charge in [-0.15, -0.1) is 10.2 Å². The first-order valence-electron chi connectivity index (χ1n) is 8.83. The molecule has 27 heavy (non-hydrogen) atoms. The van der Waals surface area contributed by atoms with Crippen LogP contribution in [0.25, 0.3) is 0 Å². The average molecular weight is 404 g/mol. The number of anilines is 1. The number of nitrogens with zero attached hydrogens (tertiary/aromatic N) is 3. The van der Waals surface area contributed by atoms with Crippen molar-refractivity contribution >= 4 is 28.1 Å². The number of halogens is 2. The van der Waals surface area contributed by atoms with E-state index >= 15 is 0 Å². The Morgan fingerprint density at radius 2 is 1.78 bits per heavy atom. The fraction of sp³-hybridized carbons (Fsp3) is 0.300. The molecule has 0 amide bonds. The fourth-order valence-corrected chi connectivity index (χ4v) is 4.63. The largest absolute Gasteiger partial charge is 0.385 e. The highest BCUT2D eigenvalue weighted by molar-refractivity contribution is 7.15. The molecule has 1 fully saturated rings. The molecule has 4 nitrogen and oxygen atoms in total. The van der Waals surface area contributed by atoms with Crippen LogP contribution in [0.15, 0.2) is 48.5 Å². The second-order valence-corrected chi connectivity index (χ2v) is 8.23. The van der Waals surface area contributed by atoms with Crippen LogP contribution in [0.4, 0.5) is 9.52 Å². The summed E-state index contributed by atoms with van der Waals surface area (Å²) >= 11 is 7.81. The lowest BCUT2D eigenvalue weighted by molar-refractivity contribution is 0.0118. The summed E-state index contributed by atoms with van der Waals surface area (Å²) in [4.78, 5) is 2.15. The second kappa shape index (κ2) is 7.54. The van der Waals surface area contributed by atoms with E-state index in [2.05, 4.69) is 15.1 Å². The molecule has 0 atom stereocenters. The van der Waals surface area contributed by atoms with E-state index in [0.717, 1.165) is 21.3 Å². The van der Waals surface area contributed by atoms with Gasteiger partial charge in [0.15, 0.2) is 0 Å². The topological polar surface area (TPSA) is 49.2 Å². The Morgan fingerprint density at radius 1 is 1.07 bits per heavy atom. The van der Waals surface area contributed by atoms with E-state index in [1.807, 2.05) is 24.3 Å². The van der Waals surface area contributed by atoms with Crippen LogP contribution in [-0.4, -0.2) is 28.4 Å². The van der Waals surface area contributed by atoms with Gasteiger partial charge in [-0.05, 0) is 36.6 Å². The number of piperidine rings is 1. The van der Waals surface area contributed by atoms with Gasteiger partial charge in [0, 0.05) is 30.1 Å². The molecule has 0 bridgehead atoms. The van der Waals surface area contributed by atoms with Gasteiger partial charge in [0.25, 0.3) is 0 Å². The molecule has 140 valence electrons. The van der Waals surface area contributed by atoms with E-state index in [1.54, 1.807) is 12.1 Å². The Morgan fingerprint density at radius 3 is 2.48 bits per heavy atom. The zero-order chi connectivity index (χ0) is 18.9. The van der Waals surface area contributed by atoms with Crippen LogP contribution in [0.2, 0.25) is 5.02 Å². The van der Waals surface area contributed by atoms with E-state index in [4.69, 9.17) is 11.6 Å². The van der Waals surface area contributed by atoms with Gasteiger partial charge in [-0.3, -0.25) is 0 Å². The lowest BCUT2D eigenvalue weighted by atomic mass is 9.84. The van der Waals surface area contributed by atoms with E-state index in [-0.39, 0.29) is 5.82 Å². The summed E-state index contributed by atoms with van der Waals surface area (Å²) in [5, 5.41) is 22.0. The molecule has 1 aliphatic rings. The van der Waals surface area contributed by atoms with Crippen molar-refractivity contribution in [1.29, 1.82) is 0 Å². The Balaban J connectivity index is 1.42. The molecule has 0 unspecified atom stereocenters. The van der Waals surface area contributed by atoms with E-state index in [0.29, 0.717) is 37.4 Å². The van der Waals surface area contributed by atoms with Crippen molar-refractivity contribution in [2.45, 2.75) is 24.9 Å². The minimum Gasteiger partial charge on any atom is -0.385 e. The Labute approximate surface area is 166 Å². The normalized spacial score (nSPS) is 16.5. The van der Waals surface area contributed by atoms with Gasteiger partial charge in [0.05, 0.1) is 5.60 Å². The minimum absolute atomic E-state index is 0.240. The summed E-state index contributed by atoms with van der Waals surface area (Å²) in [5.74, 6) is -0.240. The number of aromatic nitrogens is 2. The van der Waals surface area contributed by atoms with Gasteiger partial charge in [0.2, 0.25) is 5.13 Å². The molecule has 0 aliphatic carbocycles. The maximum absolute atomic E-state index is 13.0. The fourth-order valence-electron chi connectivity index (χ4n) is 3.40. The summed E-state index contributed by atoms with van der Waals surface area (Å²) in [6.07, 6.45) is 1.81. The van der Waals surface area contributed by atoms with E-state index in [9.17, 15) is 9.50 Å². The molecule has 0 spiro atoms. The van der Waals surface area contributed by atoms with Crippen LogP contribution in [0.3, 0.4) is 0 Å². The molecular formula is C20H19ClFN3OS. The van der Waals surface area contributed by atoms with Gasteiger partial charge < -0.3 is 10.0 Å². The third kappa shape index (κ3) is 3.98. The van der Waals surface area contributed by atoms with Crippen LogP contribution in [-0.2, 0) is 12.0 Å². The molecule has 2 heterocycles. The lowest BCUT2D eigenvalue weighted by Gasteiger charge is -2.38. The monoisotopic (exact) mass is 403 g/mol. The lowest BCUT2D eigenvalue weighted by Crippen LogP contribution is -2.42. The molecule has 3 aromatic rings. The number of aliphatic hydroxyl groups is 1. The second-order valence-electron chi connectivity index (χ2n) is 6.78. The number of hydrogen-bond acceptors (Lipinski definition) is 5. The summed E-state index contributed by atoms with van der Waals surface area (Å²) in [7, 11) is 0. The van der Waals surface area contributed by atoms with Gasteiger partial charge in [-0.2, -0.15) is 0 Å². The van der Waals surface area contributed by atoms with Crippen LogP contribution >= 0.6 is 22.9 Å². The molecule has 1 aliphatic heterocycles. The molecule has 1 aromatic heterocycles. The molecule has 4 rings (SSSR count). The van der Waals surface area contributed by atoms with Crippen LogP contribution < -0.4 is 4.90 Å².